The van der Waals surface area contributed by atoms with Gasteiger partial charge >= 0.3 is 0 Å². The molecule has 15 heavy (non-hydrogen) atoms. The summed E-state index contributed by atoms with van der Waals surface area (Å²) in [6, 6.07) is 0. The summed E-state index contributed by atoms with van der Waals surface area (Å²) < 4.78 is 5.17. The lowest BCUT2D eigenvalue weighted by Crippen LogP contribution is -2.50. The second kappa shape index (κ2) is 5.47. The molecule has 0 bridgehead atoms. The van der Waals surface area contributed by atoms with E-state index in [0.29, 0.717) is 19.8 Å². The molecule has 0 aromatic carbocycles. The van der Waals surface area contributed by atoms with E-state index in [0.717, 1.165) is 19.3 Å². The molecular weight excluding hydrogens is 192 g/mol. The van der Waals surface area contributed by atoms with Gasteiger partial charge in [-0.15, -0.1) is 0 Å². The van der Waals surface area contributed by atoms with Crippen molar-refractivity contribution >= 4 is 5.91 Å². The van der Waals surface area contributed by atoms with E-state index in [1.807, 2.05) is 13.8 Å². The van der Waals surface area contributed by atoms with E-state index < -0.39 is 0 Å². The fourth-order valence-corrected chi connectivity index (χ4v) is 1.65. The number of carbonyl (C=O) groups excluding carboxylic acids is 1. The minimum absolute atomic E-state index is 0.0305. The van der Waals surface area contributed by atoms with E-state index in [9.17, 15) is 4.79 Å². The first kappa shape index (κ1) is 12.5. The van der Waals surface area contributed by atoms with Crippen molar-refractivity contribution in [1.82, 2.24) is 5.32 Å². The quantitative estimate of drug-likeness (QED) is 0.706. The van der Waals surface area contributed by atoms with Crippen molar-refractivity contribution < 1.29 is 9.53 Å². The first-order chi connectivity index (χ1) is 7.11. The molecule has 0 aromatic heterocycles. The zero-order valence-corrected chi connectivity index (χ0v) is 9.71. The molecule has 1 saturated heterocycles. The molecule has 1 aliphatic heterocycles. The highest BCUT2D eigenvalue weighted by atomic mass is 16.5. The van der Waals surface area contributed by atoms with Gasteiger partial charge in [-0.1, -0.05) is 13.8 Å². The lowest BCUT2D eigenvalue weighted by Gasteiger charge is -2.27. The van der Waals surface area contributed by atoms with Crippen molar-refractivity contribution in [1.29, 1.82) is 0 Å². The topological polar surface area (TPSA) is 64.3 Å². The van der Waals surface area contributed by atoms with E-state index in [4.69, 9.17) is 10.5 Å². The summed E-state index contributed by atoms with van der Waals surface area (Å²) in [6.07, 6.45) is 2.59. The third kappa shape index (κ3) is 3.47. The van der Waals surface area contributed by atoms with Crippen LogP contribution in [-0.2, 0) is 9.53 Å². The second-order valence-corrected chi connectivity index (χ2v) is 4.35. The van der Waals surface area contributed by atoms with Crippen molar-refractivity contribution in [3.63, 3.8) is 0 Å². The zero-order chi connectivity index (χ0) is 11.3. The highest BCUT2D eigenvalue weighted by Gasteiger charge is 2.26. The maximum Gasteiger partial charge on any atom is 0.225 e. The van der Waals surface area contributed by atoms with Crippen LogP contribution in [0.3, 0.4) is 0 Å². The minimum atomic E-state index is -0.255. The molecule has 3 N–H and O–H groups in total. The summed E-state index contributed by atoms with van der Waals surface area (Å²) in [6.45, 7) is 5.92. The Morgan fingerprint density at radius 1 is 1.53 bits per heavy atom. The molecule has 1 unspecified atom stereocenters. The minimum Gasteiger partial charge on any atom is -0.381 e. The highest BCUT2D eigenvalue weighted by molar-refractivity contribution is 5.79. The first-order valence-electron chi connectivity index (χ1n) is 5.75. The Balaban J connectivity index is 2.32. The molecule has 1 aliphatic rings. The van der Waals surface area contributed by atoms with Gasteiger partial charge in [0.15, 0.2) is 0 Å². The van der Waals surface area contributed by atoms with Gasteiger partial charge < -0.3 is 15.8 Å². The van der Waals surface area contributed by atoms with Gasteiger partial charge in [-0.05, 0) is 19.3 Å². The molecule has 1 rings (SSSR count). The van der Waals surface area contributed by atoms with Crippen LogP contribution in [0, 0.1) is 5.92 Å². The van der Waals surface area contributed by atoms with Crippen molar-refractivity contribution in [3.8, 4) is 0 Å². The molecule has 1 heterocycles. The lowest BCUT2D eigenvalue weighted by molar-refractivity contribution is -0.125. The third-order valence-electron chi connectivity index (χ3n) is 3.32. The van der Waals surface area contributed by atoms with Gasteiger partial charge in [0.2, 0.25) is 5.91 Å². The molecule has 4 nitrogen and oxygen atoms in total. The van der Waals surface area contributed by atoms with Crippen LogP contribution in [0.15, 0.2) is 0 Å². The molecule has 1 amide bonds. The number of nitrogens with two attached hydrogens (primary N) is 1. The predicted molar refractivity (Wildman–Crippen MR) is 59.4 cm³/mol. The van der Waals surface area contributed by atoms with Crippen LogP contribution in [-0.4, -0.2) is 31.2 Å². The summed E-state index contributed by atoms with van der Waals surface area (Å²) in [7, 11) is 0. The number of hydrogen-bond donors (Lipinski definition) is 2. The molecule has 0 spiro atoms. The van der Waals surface area contributed by atoms with Gasteiger partial charge in [0.05, 0.1) is 12.5 Å². The molecule has 0 saturated carbocycles. The maximum absolute atomic E-state index is 11.7. The van der Waals surface area contributed by atoms with E-state index in [1.165, 1.54) is 0 Å². The summed E-state index contributed by atoms with van der Waals surface area (Å²) in [5.41, 5.74) is 5.84. The summed E-state index contributed by atoms with van der Waals surface area (Å²) in [5.74, 6) is 0.118. The zero-order valence-electron chi connectivity index (χ0n) is 9.71. The Kier molecular flexibility index (Phi) is 4.54. The number of hydrogen-bond acceptors (Lipinski definition) is 3. The molecule has 1 atom stereocenters. The summed E-state index contributed by atoms with van der Waals surface area (Å²) in [4.78, 5) is 11.7. The Morgan fingerprint density at radius 2 is 2.20 bits per heavy atom. The Morgan fingerprint density at radius 3 is 2.67 bits per heavy atom. The van der Waals surface area contributed by atoms with Crippen LogP contribution in [0.5, 0.6) is 0 Å². The summed E-state index contributed by atoms with van der Waals surface area (Å²) >= 11 is 0. The van der Waals surface area contributed by atoms with Crippen molar-refractivity contribution in [2.45, 2.75) is 38.6 Å². The average molecular weight is 214 g/mol. The molecule has 88 valence electrons. The normalized spacial score (nSPS) is 21.7. The van der Waals surface area contributed by atoms with E-state index >= 15 is 0 Å². The highest BCUT2D eigenvalue weighted by Crippen LogP contribution is 2.13. The van der Waals surface area contributed by atoms with Gasteiger partial charge in [0.1, 0.15) is 0 Å². The Bertz CT molecular complexity index is 209. The maximum atomic E-state index is 11.7. The van der Waals surface area contributed by atoms with Gasteiger partial charge in [-0.3, -0.25) is 4.79 Å². The van der Waals surface area contributed by atoms with Crippen LogP contribution in [0.4, 0.5) is 0 Å². The molecule has 0 radical (unpaired) electrons. The fraction of sp³-hybridized carbons (Fsp3) is 0.909. The van der Waals surface area contributed by atoms with Crippen LogP contribution in [0.1, 0.15) is 33.1 Å². The Hall–Kier alpha value is -0.610. The molecular formula is C11H22N2O2. The number of ether oxygens (including phenoxy) is 1. The predicted octanol–water partition coefficient (Wildman–Crippen LogP) is 0.657. The lowest BCUT2D eigenvalue weighted by atomic mass is 9.94. The summed E-state index contributed by atoms with van der Waals surface area (Å²) in [5, 5.41) is 2.92. The monoisotopic (exact) mass is 214 g/mol. The van der Waals surface area contributed by atoms with Crippen molar-refractivity contribution in [3.05, 3.63) is 0 Å². The number of amides is 1. The number of carbonyl (C=O) groups is 1. The van der Waals surface area contributed by atoms with Crippen LogP contribution in [0.2, 0.25) is 0 Å². The van der Waals surface area contributed by atoms with Crippen LogP contribution < -0.4 is 11.1 Å². The van der Waals surface area contributed by atoms with Crippen LogP contribution in [0.25, 0.3) is 0 Å². The number of rotatable bonds is 5. The molecule has 0 aliphatic carbocycles. The van der Waals surface area contributed by atoms with Gasteiger partial charge in [-0.2, -0.15) is 0 Å². The SMILES string of the molecule is CCC(N)(CC)CNC(=O)C1CCOC1. The van der Waals surface area contributed by atoms with Crippen molar-refractivity contribution in [2.24, 2.45) is 11.7 Å². The van der Waals surface area contributed by atoms with Gasteiger partial charge in [0, 0.05) is 18.7 Å². The van der Waals surface area contributed by atoms with Gasteiger partial charge in [0.25, 0.3) is 0 Å². The smallest absolute Gasteiger partial charge is 0.225 e. The standard InChI is InChI=1S/C11H22N2O2/c1-3-11(12,4-2)8-13-10(14)9-5-6-15-7-9/h9H,3-8,12H2,1-2H3,(H,13,14). The van der Waals surface area contributed by atoms with E-state index in [-0.39, 0.29) is 17.4 Å². The third-order valence-corrected chi connectivity index (χ3v) is 3.32. The second-order valence-electron chi connectivity index (χ2n) is 4.35. The molecule has 1 fully saturated rings. The van der Waals surface area contributed by atoms with Gasteiger partial charge in [-0.25, -0.2) is 0 Å². The molecule has 0 aromatic rings. The average Bonchev–Trinajstić information content (AvgIpc) is 2.79. The van der Waals surface area contributed by atoms with Crippen LogP contribution >= 0.6 is 0 Å². The van der Waals surface area contributed by atoms with E-state index in [2.05, 4.69) is 5.32 Å². The first-order valence-corrected chi connectivity index (χ1v) is 5.75. The number of nitrogens with one attached hydrogen (secondary N) is 1. The molecule has 4 heteroatoms. The van der Waals surface area contributed by atoms with Crippen molar-refractivity contribution in [2.75, 3.05) is 19.8 Å². The largest absolute Gasteiger partial charge is 0.381 e. The van der Waals surface area contributed by atoms with E-state index in [1.54, 1.807) is 0 Å². The Labute approximate surface area is 91.5 Å². The fourth-order valence-electron chi connectivity index (χ4n) is 1.65.